The molecule has 0 saturated carbocycles. The van der Waals surface area contributed by atoms with Gasteiger partial charge in [-0.05, 0) is 22.8 Å². The molecule has 0 unspecified atom stereocenters. The lowest BCUT2D eigenvalue weighted by Gasteiger charge is -2.17. The molecule has 130 valence electrons. The molecule has 0 aliphatic heterocycles. The molecule has 0 atom stereocenters. The Labute approximate surface area is 159 Å². The molecule has 3 aromatic carbocycles. The Hall–Kier alpha value is -3.70. The van der Waals surface area contributed by atoms with Gasteiger partial charge in [0.1, 0.15) is 0 Å². The smallest absolute Gasteiger partial charge is 0.0488 e. The van der Waals surface area contributed by atoms with Crippen molar-refractivity contribution in [2.75, 3.05) is 5.73 Å². The molecule has 4 rings (SSSR count). The Bertz CT molecular complexity index is 1110. The summed E-state index contributed by atoms with van der Waals surface area (Å²) in [4.78, 5) is 0. The Balaban J connectivity index is 1.80. The molecule has 0 bridgehead atoms. The summed E-state index contributed by atoms with van der Waals surface area (Å²) in [5.41, 5.74) is 26.9. The second-order valence-electron chi connectivity index (χ2n) is 6.51. The number of hydrogen-bond donors (Lipinski definition) is 2. The standard InChI is InChI=1S/C25H20N2/c26-22-15-7-13-20(24(22)18-9-3-1-4-10-18)17-21-14-8-16-23(27)25(21)19-11-5-2-6-12-19/h1-7,9-13,15-16H,17,26-27H2. The van der Waals surface area contributed by atoms with Crippen LogP contribution in [0, 0.1) is 0 Å². The summed E-state index contributed by atoms with van der Waals surface area (Å²) in [5, 5.41) is 0. The van der Waals surface area contributed by atoms with Gasteiger partial charge >= 0.3 is 0 Å². The molecule has 0 aromatic heterocycles. The van der Waals surface area contributed by atoms with Crippen LogP contribution in [0.2, 0.25) is 0 Å². The summed E-state index contributed by atoms with van der Waals surface area (Å²) in [7, 11) is 0. The summed E-state index contributed by atoms with van der Waals surface area (Å²) >= 11 is 0. The number of benzene rings is 3. The van der Waals surface area contributed by atoms with Crippen molar-refractivity contribution in [3.05, 3.63) is 119 Å². The van der Waals surface area contributed by atoms with Crippen LogP contribution in [-0.4, -0.2) is 0 Å². The molecule has 1 aliphatic carbocycles. The fourth-order valence-electron chi connectivity index (χ4n) is 3.50. The van der Waals surface area contributed by atoms with Gasteiger partial charge in [-0.1, -0.05) is 84.3 Å². The number of allylic oxidation sites excluding steroid dienone is 3. The van der Waals surface area contributed by atoms with Crippen molar-refractivity contribution in [3.63, 3.8) is 0 Å². The molecule has 0 fully saturated rings. The van der Waals surface area contributed by atoms with Gasteiger partial charge < -0.3 is 11.5 Å². The third kappa shape index (κ3) is 3.36. The summed E-state index contributed by atoms with van der Waals surface area (Å²) in [6, 6.07) is 26.5. The predicted octanol–water partition coefficient (Wildman–Crippen LogP) is 5.10. The van der Waals surface area contributed by atoms with E-state index in [1.165, 1.54) is 0 Å². The van der Waals surface area contributed by atoms with Crippen molar-refractivity contribution in [2.45, 2.75) is 6.42 Å². The minimum atomic E-state index is 0.682. The van der Waals surface area contributed by atoms with E-state index in [9.17, 15) is 0 Å². The lowest BCUT2D eigenvalue weighted by atomic mass is 9.87. The third-order valence-corrected chi connectivity index (χ3v) is 4.72. The summed E-state index contributed by atoms with van der Waals surface area (Å²) < 4.78 is 0. The van der Waals surface area contributed by atoms with Crippen LogP contribution in [0.1, 0.15) is 11.1 Å². The fraction of sp³-hybridized carbons (Fsp3) is 0.0400. The third-order valence-electron chi connectivity index (χ3n) is 4.72. The van der Waals surface area contributed by atoms with E-state index < -0.39 is 0 Å². The second-order valence-corrected chi connectivity index (χ2v) is 6.51. The first-order chi connectivity index (χ1) is 13.2. The number of anilines is 1. The molecule has 2 heteroatoms. The summed E-state index contributed by atoms with van der Waals surface area (Å²) in [6.45, 7) is 0. The summed E-state index contributed by atoms with van der Waals surface area (Å²) in [5.74, 6) is 0. The molecular formula is C25H20N2. The minimum absolute atomic E-state index is 0.682. The van der Waals surface area contributed by atoms with Gasteiger partial charge in [-0.15, -0.1) is 0 Å². The van der Waals surface area contributed by atoms with Crippen LogP contribution in [0.3, 0.4) is 0 Å². The highest BCUT2D eigenvalue weighted by Crippen LogP contribution is 2.35. The van der Waals surface area contributed by atoms with Crippen molar-refractivity contribution >= 4 is 11.3 Å². The van der Waals surface area contributed by atoms with Crippen molar-refractivity contribution in [3.8, 4) is 11.1 Å². The highest BCUT2D eigenvalue weighted by Gasteiger charge is 2.17. The molecule has 0 radical (unpaired) electrons. The monoisotopic (exact) mass is 348 g/mol. The van der Waals surface area contributed by atoms with E-state index >= 15 is 0 Å². The van der Waals surface area contributed by atoms with E-state index in [1.54, 1.807) is 6.08 Å². The zero-order valence-corrected chi connectivity index (χ0v) is 14.9. The molecule has 0 heterocycles. The lowest BCUT2D eigenvalue weighted by molar-refractivity contribution is 1.19. The van der Waals surface area contributed by atoms with Gasteiger partial charge in [-0.3, -0.25) is 0 Å². The molecule has 4 N–H and O–H groups in total. The van der Waals surface area contributed by atoms with E-state index in [2.05, 4.69) is 41.8 Å². The first kappa shape index (κ1) is 16.8. The van der Waals surface area contributed by atoms with Crippen LogP contribution in [0.25, 0.3) is 16.7 Å². The highest BCUT2D eigenvalue weighted by molar-refractivity contribution is 5.85. The molecule has 1 aliphatic rings. The number of nitrogen functional groups attached to an aromatic ring is 1. The van der Waals surface area contributed by atoms with Crippen molar-refractivity contribution in [2.24, 2.45) is 5.73 Å². The van der Waals surface area contributed by atoms with Gasteiger partial charge in [0.25, 0.3) is 0 Å². The van der Waals surface area contributed by atoms with Gasteiger partial charge in [0.05, 0.1) is 0 Å². The highest BCUT2D eigenvalue weighted by atomic mass is 14.6. The van der Waals surface area contributed by atoms with Gasteiger partial charge in [0, 0.05) is 40.6 Å². The molecule has 2 nitrogen and oxygen atoms in total. The topological polar surface area (TPSA) is 52.0 Å². The van der Waals surface area contributed by atoms with Crippen LogP contribution >= 0.6 is 0 Å². The van der Waals surface area contributed by atoms with E-state index in [1.807, 2.05) is 48.5 Å². The van der Waals surface area contributed by atoms with Gasteiger partial charge in [-0.25, -0.2) is 0 Å². The van der Waals surface area contributed by atoms with E-state index in [0.717, 1.165) is 39.1 Å². The summed E-state index contributed by atoms with van der Waals surface area (Å²) in [6.07, 6.45) is 2.46. The fourth-order valence-corrected chi connectivity index (χ4v) is 3.50. The Morgan fingerprint density at radius 3 is 2.07 bits per heavy atom. The average Bonchev–Trinajstić information content (AvgIpc) is 2.70. The van der Waals surface area contributed by atoms with Crippen molar-refractivity contribution < 1.29 is 0 Å². The van der Waals surface area contributed by atoms with Gasteiger partial charge in [-0.2, -0.15) is 0 Å². The Morgan fingerprint density at radius 1 is 0.704 bits per heavy atom. The zero-order valence-electron chi connectivity index (χ0n) is 14.9. The quantitative estimate of drug-likeness (QED) is 0.509. The largest absolute Gasteiger partial charge is 0.398 e. The van der Waals surface area contributed by atoms with E-state index in [0.29, 0.717) is 12.1 Å². The van der Waals surface area contributed by atoms with Gasteiger partial charge in [0.15, 0.2) is 0 Å². The minimum Gasteiger partial charge on any atom is -0.398 e. The van der Waals surface area contributed by atoms with Gasteiger partial charge in [0.2, 0.25) is 0 Å². The molecule has 0 saturated heterocycles. The van der Waals surface area contributed by atoms with Crippen LogP contribution < -0.4 is 11.5 Å². The molecule has 3 aromatic rings. The van der Waals surface area contributed by atoms with Crippen molar-refractivity contribution in [1.82, 2.24) is 0 Å². The van der Waals surface area contributed by atoms with E-state index in [4.69, 9.17) is 11.5 Å². The second kappa shape index (κ2) is 7.27. The first-order valence-electron chi connectivity index (χ1n) is 8.93. The Kier molecular flexibility index (Phi) is 4.51. The number of hydrogen-bond acceptors (Lipinski definition) is 2. The Morgan fingerprint density at radius 2 is 1.37 bits per heavy atom. The number of rotatable bonds is 4. The van der Waals surface area contributed by atoms with Crippen LogP contribution in [0.5, 0.6) is 0 Å². The average molecular weight is 348 g/mol. The van der Waals surface area contributed by atoms with Crippen LogP contribution in [0.4, 0.5) is 5.69 Å². The normalized spacial score (nSPS) is 13.0. The predicted molar refractivity (Wildman–Crippen MR) is 113 cm³/mol. The maximum atomic E-state index is 6.34. The number of nitrogens with two attached hydrogens (primary N) is 2. The lowest BCUT2D eigenvalue weighted by Crippen LogP contribution is -2.06. The maximum absolute atomic E-state index is 6.34. The van der Waals surface area contributed by atoms with Crippen molar-refractivity contribution in [1.29, 1.82) is 0 Å². The maximum Gasteiger partial charge on any atom is 0.0488 e. The first-order valence-corrected chi connectivity index (χ1v) is 8.93. The molecule has 0 amide bonds. The van der Waals surface area contributed by atoms with Crippen LogP contribution in [0.15, 0.2) is 108 Å². The molecule has 0 spiro atoms. The molecule has 27 heavy (non-hydrogen) atoms. The van der Waals surface area contributed by atoms with Crippen LogP contribution in [-0.2, 0) is 6.42 Å². The SMILES string of the molecule is NC1=C(c2ccccc2)C(Cc2cccc(N)c2-c2ccccc2)=C=C=C1. The zero-order chi connectivity index (χ0) is 18.6. The van der Waals surface area contributed by atoms with E-state index in [-0.39, 0.29) is 0 Å². The molecular weight excluding hydrogens is 328 g/mol.